The van der Waals surface area contributed by atoms with Crippen molar-refractivity contribution in [3.63, 3.8) is 0 Å². The van der Waals surface area contributed by atoms with E-state index in [0.717, 1.165) is 49.2 Å². The molecule has 0 fully saturated rings. The highest BCUT2D eigenvalue weighted by Gasteiger charge is 2.22. The predicted molar refractivity (Wildman–Crippen MR) is 109 cm³/mol. The summed E-state index contributed by atoms with van der Waals surface area (Å²) in [4.78, 5) is 34.6. The molecule has 1 aliphatic rings. The second kappa shape index (κ2) is 8.99. The summed E-state index contributed by atoms with van der Waals surface area (Å²) in [5.41, 5.74) is 2.96. The van der Waals surface area contributed by atoms with Gasteiger partial charge in [0.05, 0.1) is 32.1 Å². The number of aromatic nitrogens is 3. The zero-order valence-corrected chi connectivity index (χ0v) is 17.6. The number of thiazole rings is 1. The highest BCUT2D eigenvalue weighted by atomic mass is 32.2. The number of anilines is 1. The monoisotopic (exact) mass is 408 g/mol. The summed E-state index contributed by atoms with van der Waals surface area (Å²) in [7, 11) is 4.23. The van der Waals surface area contributed by atoms with Crippen molar-refractivity contribution in [2.75, 3.05) is 31.7 Å². The van der Waals surface area contributed by atoms with Crippen LogP contribution in [0.2, 0.25) is 0 Å². The first kappa shape index (κ1) is 20.0. The van der Waals surface area contributed by atoms with Crippen LogP contribution in [0, 0.1) is 6.92 Å². The third kappa shape index (κ3) is 5.18. The average molecular weight is 409 g/mol. The van der Waals surface area contributed by atoms with Gasteiger partial charge in [-0.25, -0.2) is 9.78 Å². The molecule has 27 heavy (non-hydrogen) atoms. The Labute approximate surface area is 167 Å². The van der Waals surface area contributed by atoms with Crippen LogP contribution >= 0.6 is 23.1 Å². The average Bonchev–Trinajstić information content (AvgIpc) is 3.24. The summed E-state index contributed by atoms with van der Waals surface area (Å²) >= 11 is 2.76. The fourth-order valence-corrected chi connectivity index (χ4v) is 4.81. The van der Waals surface area contributed by atoms with Gasteiger partial charge in [0, 0.05) is 29.6 Å². The van der Waals surface area contributed by atoms with Crippen LogP contribution in [0.3, 0.4) is 0 Å². The summed E-state index contributed by atoms with van der Waals surface area (Å²) in [5, 5.41) is 6.02. The third-order valence-electron chi connectivity index (χ3n) is 4.46. The van der Waals surface area contributed by atoms with E-state index in [1.165, 1.54) is 28.0 Å². The van der Waals surface area contributed by atoms with Crippen LogP contribution in [0.15, 0.2) is 15.2 Å². The first-order valence-corrected chi connectivity index (χ1v) is 11.1. The number of nitrogens with one attached hydrogen (secondary N) is 2. The molecule has 7 nitrogen and oxygen atoms in total. The zero-order valence-electron chi connectivity index (χ0n) is 16.0. The molecule has 1 aliphatic carbocycles. The van der Waals surface area contributed by atoms with E-state index in [-0.39, 0.29) is 17.3 Å². The van der Waals surface area contributed by atoms with E-state index in [2.05, 4.69) is 29.4 Å². The Morgan fingerprint density at radius 1 is 1.37 bits per heavy atom. The van der Waals surface area contributed by atoms with Gasteiger partial charge in [-0.1, -0.05) is 11.8 Å². The van der Waals surface area contributed by atoms with Crippen LogP contribution in [-0.4, -0.2) is 46.8 Å². The van der Waals surface area contributed by atoms with Gasteiger partial charge >= 0.3 is 5.69 Å². The number of nitrogens with zero attached hydrogens (tertiary/aromatic N) is 3. The molecular formula is C18H26N5O2S2+. The van der Waals surface area contributed by atoms with Crippen molar-refractivity contribution < 1.29 is 9.69 Å². The second-order valence-corrected chi connectivity index (χ2v) is 8.89. The number of fused-ring (bicyclic) bond motifs is 1. The Balaban J connectivity index is 1.67. The lowest BCUT2D eigenvalue weighted by Gasteiger charge is -2.14. The Bertz CT molecular complexity index is 875. The predicted octanol–water partition coefficient (Wildman–Crippen LogP) is 0.762. The molecule has 146 valence electrons. The first-order chi connectivity index (χ1) is 12.9. The van der Waals surface area contributed by atoms with Crippen molar-refractivity contribution in [2.45, 2.75) is 44.2 Å². The van der Waals surface area contributed by atoms with Gasteiger partial charge in [-0.05, 0) is 26.2 Å². The summed E-state index contributed by atoms with van der Waals surface area (Å²) in [6.07, 6.45) is 3.84. The van der Waals surface area contributed by atoms with Crippen molar-refractivity contribution in [1.82, 2.24) is 14.5 Å². The van der Waals surface area contributed by atoms with Gasteiger partial charge < -0.3 is 10.2 Å². The quantitative estimate of drug-likeness (QED) is 0.498. The summed E-state index contributed by atoms with van der Waals surface area (Å²) in [6, 6.07) is 0. The molecule has 0 radical (unpaired) electrons. The maximum absolute atomic E-state index is 12.5. The Morgan fingerprint density at radius 3 is 2.89 bits per heavy atom. The van der Waals surface area contributed by atoms with E-state index < -0.39 is 0 Å². The molecule has 0 atom stereocenters. The number of aryl methyl sites for hydroxylation is 1. The van der Waals surface area contributed by atoms with E-state index in [0.29, 0.717) is 16.7 Å². The van der Waals surface area contributed by atoms with Crippen LogP contribution in [0.4, 0.5) is 5.13 Å². The van der Waals surface area contributed by atoms with E-state index in [4.69, 9.17) is 0 Å². The number of carbonyl (C=O) groups is 1. The Hall–Kier alpha value is -1.71. The molecule has 0 saturated heterocycles. The van der Waals surface area contributed by atoms with Crippen LogP contribution < -0.4 is 15.9 Å². The molecule has 3 rings (SSSR count). The van der Waals surface area contributed by atoms with Crippen molar-refractivity contribution in [1.29, 1.82) is 0 Å². The van der Waals surface area contributed by atoms with E-state index >= 15 is 0 Å². The molecule has 2 aromatic heterocycles. The molecule has 0 aliphatic heterocycles. The minimum absolute atomic E-state index is 0.124. The maximum Gasteiger partial charge on any atom is 0.348 e. The van der Waals surface area contributed by atoms with Gasteiger partial charge in [0.1, 0.15) is 5.03 Å². The lowest BCUT2D eigenvalue weighted by atomic mass is 10.2. The molecule has 0 bridgehead atoms. The largest absolute Gasteiger partial charge is 0.348 e. The Morgan fingerprint density at radius 2 is 2.19 bits per heavy atom. The maximum atomic E-state index is 12.5. The highest BCUT2D eigenvalue weighted by molar-refractivity contribution is 8.00. The van der Waals surface area contributed by atoms with Gasteiger partial charge in [-0.15, -0.1) is 11.3 Å². The number of hydrogen-bond acceptors (Lipinski definition) is 6. The zero-order chi connectivity index (χ0) is 19.4. The highest BCUT2D eigenvalue weighted by Crippen LogP contribution is 2.29. The third-order valence-corrected chi connectivity index (χ3v) is 6.36. The minimum atomic E-state index is -0.192. The van der Waals surface area contributed by atoms with Gasteiger partial charge in [-0.3, -0.25) is 9.36 Å². The smallest absolute Gasteiger partial charge is 0.340 e. The fraction of sp³-hybridized carbons (Fsp3) is 0.556. The van der Waals surface area contributed by atoms with Crippen molar-refractivity contribution >= 4 is 34.1 Å². The molecule has 2 heterocycles. The minimum Gasteiger partial charge on any atom is -0.340 e. The normalized spacial score (nSPS) is 13.2. The lowest BCUT2D eigenvalue weighted by Crippen LogP contribution is -3.05. The topological polar surface area (TPSA) is 81.3 Å². The molecule has 2 N–H and O–H groups in total. The number of rotatable bonds is 8. The fourth-order valence-electron chi connectivity index (χ4n) is 3.23. The summed E-state index contributed by atoms with van der Waals surface area (Å²) in [6.45, 7) is 3.63. The summed E-state index contributed by atoms with van der Waals surface area (Å²) < 4.78 is 1.84. The molecule has 0 aromatic carbocycles. The van der Waals surface area contributed by atoms with Gasteiger partial charge in [0.2, 0.25) is 5.91 Å². The molecule has 0 spiro atoms. The second-order valence-electron chi connectivity index (χ2n) is 7.07. The molecule has 0 saturated carbocycles. The molecule has 2 aromatic rings. The van der Waals surface area contributed by atoms with Gasteiger partial charge in [0.25, 0.3) is 0 Å². The molecule has 1 amide bonds. The van der Waals surface area contributed by atoms with E-state index in [1.54, 1.807) is 0 Å². The van der Waals surface area contributed by atoms with Gasteiger partial charge in [-0.2, -0.15) is 4.98 Å². The van der Waals surface area contributed by atoms with Crippen LogP contribution in [-0.2, 0) is 24.2 Å². The SMILES string of the molecule is Cc1csc(NC(=O)CSc2nc(=O)n(CCC[NH+](C)C)c3c2CCC3)n1. The number of amides is 1. The van der Waals surface area contributed by atoms with Crippen molar-refractivity contribution in [3.05, 3.63) is 32.8 Å². The lowest BCUT2D eigenvalue weighted by molar-refractivity contribution is -0.858. The standard InChI is InChI=1S/C18H25N5O2S2/c1-12-10-27-17(19-12)20-15(24)11-26-16-13-6-4-7-14(13)23(18(25)21-16)9-5-8-22(2)3/h10H,4-9,11H2,1-3H3,(H,19,20,24)/p+1. The van der Waals surface area contributed by atoms with Crippen LogP contribution in [0.25, 0.3) is 0 Å². The Kier molecular flexibility index (Phi) is 6.67. The molecule has 0 unspecified atom stereocenters. The van der Waals surface area contributed by atoms with E-state index in [1.807, 2.05) is 16.9 Å². The number of carbonyl (C=O) groups excluding carboxylic acids is 1. The van der Waals surface area contributed by atoms with E-state index in [9.17, 15) is 9.59 Å². The molecule has 9 heteroatoms. The van der Waals surface area contributed by atoms with Crippen LogP contribution in [0.1, 0.15) is 29.8 Å². The summed E-state index contributed by atoms with van der Waals surface area (Å²) in [5.74, 6) is 0.104. The van der Waals surface area contributed by atoms with Gasteiger partial charge in [0.15, 0.2) is 5.13 Å². The van der Waals surface area contributed by atoms with Crippen molar-refractivity contribution in [3.8, 4) is 0 Å². The number of quaternary nitrogens is 1. The number of thioether (sulfide) groups is 1. The van der Waals surface area contributed by atoms with Crippen LogP contribution in [0.5, 0.6) is 0 Å². The first-order valence-electron chi connectivity index (χ1n) is 9.20. The molecular weight excluding hydrogens is 382 g/mol. The van der Waals surface area contributed by atoms with Crippen molar-refractivity contribution in [2.24, 2.45) is 0 Å². The number of hydrogen-bond donors (Lipinski definition) is 2.